The van der Waals surface area contributed by atoms with Crippen LogP contribution in [0.25, 0.3) is 0 Å². The summed E-state index contributed by atoms with van der Waals surface area (Å²) in [6, 6.07) is -0.185. The smallest absolute Gasteiger partial charge is 0.314 e. The van der Waals surface area contributed by atoms with E-state index in [-0.39, 0.29) is 6.03 Å². The van der Waals surface area contributed by atoms with Crippen LogP contribution in [0, 0.1) is 17.8 Å². The summed E-state index contributed by atoms with van der Waals surface area (Å²) < 4.78 is 0. The molecular weight excluding hydrogens is 244 g/mol. The first kappa shape index (κ1) is 15.8. The summed E-state index contributed by atoms with van der Waals surface area (Å²) >= 11 is 0. The monoisotopic (exact) mass is 270 g/mol. The van der Waals surface area contributed by atoms with Crippen LogP contribution in [0.3, 0.4) is 0 Å². The first-order valence-corrected chi connectivity index (χ1v) is 7.25. The molecule has 0 aromatic carbocycles. The molecule has 1 rings (SSSR count). The Kier molecular flexibility index (Phi) is 6.67. The van der Waals surface area contributed by atoms with Crippen LogP contribution >= 0.6 is 0 Å². The second kappa shape index (κ2) is 8.02. The third kappa shape index (κ3) is 5.94. The number of hydrogen-bond acceptors (Lipinski definition) is 2. The molecule has 5 heteroatoms. The molecule has 2 amide bonds. The van der Waals surface area contributed by atoms with Gasteiger partial charge in [0.2, 0.25) is 0 Å². The summed E-state index contributed by atoms with van der Waals surface area (Å²) in [5, 5.41) is 14.3. The molecule has 0 aliphatic heterocycles. The number of rotatable bonds is 6. The lowest BCUT2D eigenvalue weighted by Gasteiger charge is -2.28. The number of aliphatic carboxylic acids is 1. The Morgan fingerprint density at radius 2 is 1.95 bits per heavy atom. The Labute approximate surface area is 115 Å². The molecule has 0 aromatic rings. The lowest BCUT2D eigenvalue weighted by molar-refractivity contribution is -0.141. The van der Waals surface area contributed by atoms with Gasteiger partial charge in [-0.3, -0.25) is 4.79 Å². The van der Waals surface area contributed by atoms with Gasteiger partial charge in [-0.1, -0.05) is 33.1 Å². The molecule has 0 aromatic heterocycles. The van der Waals surface area contributed by atoms with Crippen molar-refractivity contribution in [1.82, 2.24) is 10.6 Å². The minimum atomic E-state index is -0.821. The third-order valence-electron chi connectivity index (χ3n) is 4.10. The van der Waals surface area contributed by atoms with E-state index >= 15 is 0 Å². The highest BCUT2D eigenvalue weighted by atomic mass is 16.4. The van der Waals surface area contributed by atoms with Gasteiger partial charge in [-0.15, -0.1) is 0 Å². The first-order chi connectivity index (χ1) is 9.00. The van der Waals surface area contributed by atoms with Crippen molar-refractivity contribution in [2.24, 2.45) is 17.8 Å². The Bertz CT molecular complexity index is 307. The van der Waals surface area contributed by atoms with Crippen LogP contribution in [0.4, 0.5) is 4.79 Å². The predicted molar refractivity (Wildman–Crippen MR) is 73.9 cm³/mol. The number of carbonyl (C=O) groups excluding carboxylic acids is 1. The normalized spacial score (nSPS) is 24.5. The molecule has 3 unspecified atom stereocenters. The van der Waals surface area contributed by atoms with E-state index in [2.05, 4.69) is 17.6 Å². The SMILES string of the molecule is CC(CCNC(=O)NCC1CCCCC1C)C(=O)O. The van der Waals surface area contributed by atoms with Crippen LogP contribution < -0.4 is 10.6 Å². The van der Waals surface area contributed by atoms with Crippen LogP contribution in [-0.4, -0.2) is 30.2 Å². The molecule has 5 nitrogen and oxygen atoms in total. The fraction of sp³-hybridized carbons (Fsp3) is 0.857. The van der Waals surface area contributed by atoms with Crippen molar-refractivity contribution in [3.8, 4) is 0 Å². The summed E-state index contributed by atoms with van der Waals surface area (Å²) in [4.78, 5) is 22.2. The highest BCUT2D eigenvalue weighted by Crippen LogP contribution is 2.28. The van der Waals surface area contributed by atoms with Crippen molar-refractivity contribution >= 4 is 12.0 Å². The standard InChI is InChI=1S/C14H26N2O3/c1-10-5-3-4-6-12(10)9-16-14(19)15-8-7-11(2)13(17)18/h10-12H,3-9H2,1-2H3,(H,17,18)(H2,15,16,19). The average Bonchev–Trinajstić information content (AvgIpc) is 2.37. The van der Waals surface area contributed by atoms with Crippen molar-refractivity contribution in [1.29, 1.82) is 0 Å². The van der Waals surface area contributed by atoms with E-state index in [4.69, 9.17) is 5.11 Å². The minimum absolute atomic E-state index is 0.185. The average molecular weight is 270 g/mol. The Hall–Kier alpha value is -1.26. The van der Waals surface area contributed by atoms with Gasteiger partial charge in [-0.05, 0) is 24.7 Å². The lowest BCUT2D eigenvalue weighted by atomic mass is 9.80. The van der Waals surface area contributed by atoms with E-state index in [0.717, 1.165) is 6.54 Å². The summed E-state index contributed by atoms with van der Waals surface area (Å²) in [7, 11) is 0. The maximum Gasteiger partial charge on any atom is 0.314 e. The molecule has 19 heavy (non-hydrogen) atoms. The van der Waals surface area contributed by atoms with E-state index < -0.39 is 11.9 Å². The Morgan fingerprint density at radius 1 is 1.26 bits per heavy atom. The molecule has 3 atom stereocenters. The molecule has 0 saturated heterocycles. The number of carbonyl (C=O) groups is 2. The van der Waals surface area contributed by atoms with Crippen LogP contribution in [0.1, 0.15) is 46.0 Å². The van der Waals surface area contributed by atoms with Gasteiger partial charge in [0.15, 0.2) is 0 Å². The molecule has 0 radical (unpaired) electrons. The van der Waals surface area contributed by atoms with Crippen LogP contribution in [0.15, 0.2) is 0 Å². The summed E-state index contributed by atoms with van der Waals surface area (Å²) in [5.74, 6) is 0.0235. The maximum absolute atomic E-state index is 11.6. The molecule has 1 fully saturated rings. The van der Waals surface area contributed by atoms with E-state index in [1.807, 2.05) is 0 Å². The molecule has 3 N–H and O–H groups in total. The van der Waals surface area contributed by atoms with Crippen LogP contribution in [0.5, 0.6) is 0 Å². The van der Waals surface area contributed by atoms with Crippen molar-refractivity contribution in [2.45, 2.75) is 46.0 Å². The number of carboxylic acid groups (broad SMARTS) is 1. The fourth-order valence-corrected chi connectivity index (χ4v) is 2.51. The number of nitrogens with one attached hydrogen (secondary N) is 2. The predicted octanol–water partition coefficient (Wildman–Crippen LogP) is 2.22. The molecule has 1 aliphatic rings. The number of urea groups is 1. The topological polar surface area (TPSA) is 78.4 Å². The van der Waals surface area contributed by atoms with Gasteiger partial charge in [-0.2, -0.15) is 0 Å². The largest absolute Gasteiger partial charge is 0.481 e. The molecule has 110 valence electrons. The number of amides is 2. The lowest BCUT2D eigenvalue weighted by Crippen LogP contribution is -2.40. The quantitative estimate of drug-likeness (QED) is 0.692. The Morgan fingerprint density at radius 3 is 2.58 bits per heavy atom. The van der Waals surface area contributed by atoms with Gasteiger partial charge >= 0.3 is 12.0 Å². The fourth-order valence-electron chi connectivity index (χ4n) is 2.51. The summed E-state index contributed by atoms with van der Waals surface area (Å²) in [6.07, 6.45) is 5.47. The van der Waals surface area contributed by atoms with Crippen molar-refractivity contribution in [3.05, 3.63) is 0 Å². The molecule has 1 saturated carbocycles. The zero-order chi connectivity index (χ0) is 14.3. The second-order valence-electron chi connectivity index (χ2n) is 5.69. The molecule has 0 spiro atoms. The van der Waals surface area contributed by atoms with Gasteiger partial charge in [0.1, 0.15) is 0 Å². The van der Waals surface area contributed by atoms with Gasteiger partial charge in [0, 0.05) is 13.1 Å². The highest BCUT2D eigenvalue weighted by Gasteiger charge is 2.21. The molecular formula is C14H26N2O3. The van der Waals surface area contributed by atoms with E-state index in [1.165, 1.54) is 25.7 Å². The molecule has 0 bridgehead atoms. The zero-order valence-corrected chi connectivity index (χ0v) is 11.9. The van der Waals surface area contributed by atoms with Gasteiger partial charge in [0.25, 0.3) is 0 Å². The Balaban J connectivity index is 2.12. The summed E-state index contributed by atoms with van der Waals surface area (Å²) in [5.41, 5.74) is 0. The van der Waals surface area contributed by atoms with Crippen molar-refractivity contribution in [2.75, 3.05) is 13.1 Å². The van der Waals surface area contributed by atoms with Crippen LogP contribution in [0.2, 0.25) is 0 Å². The minimum Gasteiger partial charge on any atom is -0.481 e. The number of carboxylic acids is 1. The first-order valence-electron chi connectivity index (χ1n) is 7.25. The van der Waals surface area contributed by atoms with Crippen LogP contribution in [-0.2, 0) is 4.79 Å². The van der Waals surface area contributed by atoms with Gasteiger partial charge in [0.05, 0.1) is 5.92 Å². The third-order valence-corrected chi connectivity index (χ3v) is 4.10. The molecule has 0 heterocycles. The highest BCUT2D eigenvalue weighted by molar-refractivity contribution is 5.74. The van der Waals surface area contributed by atoms with E-state index in [1.54, 1.807) is 6.92 Å². The van der Waals surface area contributed by atoms with Gasteiger partial charge in [-0.25, -0.2) is 4.79 Å². The maximum atomic E-state index is 11.6. The van der Waals surface area contributed by atoms with Crippen molar-refractivity contribution in [3.63, 3.8) is 0 Å². The molecule has 1 aliphatic carbocycles. The van der Waals surface area contributed by atoms with E-state index in [9.17, 15) is 9.59 Å². The van der Waals surface area contributed by atoms with Crippen molar-refractivity contribution < 1.29 is 14.7 Å². The van der Waals surface area contributed by atoms with E-state index in [0.29, 0.717) is 24.8 Å². The zero-order valence-electron chi connectivity index (χ0n) is 11.9. The number of hydrogen-bond donors (Lipinski definition) is 3. The second-order valence-corrected chi connectivity index (χ2v) is 5.69. The summed E-state index contributed by atoms with van der Waals surface area (Å²) in [6.45, 7) is 5.02. The van der Waals surface area contributed by atoms with Gasteiger partial charge < -0.3 is 15.7 Å².